The lowest BCUT2D eigenvalue weighted by Gasteiger charge is -2.17. The first-order chi connectivity index (χ1) is 6.70. The quantitative estimate of drug-likeness (QED) is 0.889. The smallest absolute Gasteiger partial charge is 0.153 e. The predicted octanol–water partition coefficient (Wildman–Crippen LogP) is 1.47. The third kappa shape index (κ3) is 1.83. The summed E-state index contributed by atoms with van der Waals surface area (Å²) >= 11 is 5.33. The van der Waals surface area contributed by atoms with Crippen LogP contribution in [-0.4, -0.2) is 26.0 Å². The minimum atomic E-state index is 0.0388. The molecule has 1 aromatic heterocycles. The van der Waals surface area contributed by atoms with Gasteiger partial charge in [0.05, 0.1) is 11.7 Å². The van der Waals surface area contributed by atoms with Gasteiger partial charge in [-0.25, -0.2) is 4.68 Å². The Hall–Kier alpha value is -0.0700. The zero-order chi connectivity index (χ0) is 10.1. The Morgan fingerprint density at radius 3 is 3.00 bits per heavy atom. The summed E-state index contributed by atoms with van der Waals surface area (Å²) in [7, 11) is 1.88. The zero-order valence-electron chi connectivity index (χ0n) is 7.98. The molecule has 6 heteroatoms. The van der Waals surface area contributed by atoms with Crippen molar-refractivity contribution >= 4 is 27.7 Å². The van der Waals surface area contributed by atoms with Crippen LogP contribution in [0.25, 0.3) is 0 Å². The van der Waals surface area contributed by atoms with Gasteiger partial charge in [0, 0.05) is 12.3 Å². The van der Waals surface area contributed by atoms with Crippen molar-refractivity contribution < 1.29 is 0 Å². The lowest BCUT2D eigenvalue weighted by atomic mass is 10.1. The summed E-state index contributed by atoms with van der Waals surface area (Å²) in [4.78, 5) is 0. The summed E-state index contributed by atoms with van der Waals surface area (Å²) in [5.41, 5.74) is 7.20. The van der Waals surface area contributed by atoms with Crippen LogP contribution in [0.15, 0.2) is 4.60 Å². The second-order valence-electron chi connectivity index (χ2n) is 3.47. The minimum Gasteiger partial charge on any atom is -0.322 e. The lowest BCUT2D eigenvalue weighted by Crippen LogP contribution is -2.24. The van der Waals surface area contributed by atoms with Gasteiger partial charge in [0.15, 0.2) is 4.60 Å². The van der Waals surface area contributed by atoms with Crippen LogP contribution in [0.1, 0.15) is 24.6 Å². The first kappa shape index (κ1) is 10.4. The second-order valence-corrected chi connectivity index (χ2v) is 5.56. The number of rotatable bonds is 2. The number of aryl methyl sites for hydroxylation is 1. The molecule has 0 saturated carbocycles. The van der Waals surface area contributed by atoms with E-state index >= 15 is 0 Å². The summed E-state index contributed by atoms with van der Waals surface area (Å²) in [6, 6.07) is 0.0388. The molecule has 0 spiro atoms. The Morgan fingerprint density at radius 2 is 2.50 bits per heavy atom. The Balaban J connectivity index is 2.21. The van der Waals surface area contributed by atoms with Crippen LogP contribution in [0, 0.1) is 0 Å². The van der Waals surface area contributed by atoms with E-state index in [9.17, 15) is 0 Å². The maximum absolute atomic E-state index is 6.19. The first-order valence-electron chi connectivity index (χ1n) is 4.62. The highest BCUT2D eigenvalue weighted by Crippen LogP contribution is 2.35. The van der Waals surface area contributed by atoms with E-state index in [2.05, 4.69) is 26.2 Å². The number of nitrogens with zero attached hydrogens (tertiary/aromatic N) is 3. The molecule has 78 valence electrons. The fourth-order valence-electron chi connectivity index (χ4n) is 1.75. The summed E-state index contributed by atoms with van der Waals surface area (Å²) in [6.45, 7) is 0. The number of nitrogens with two attached hydrogens (primary N) is 1. The van der Waals surface area contributed by atoms with Gasteiger partial charge in [-0.3, -0.25) is 0 Å². The normalized spacial score (nSPS) is 24.1. The van der Waals surface area contributed by atoms with Gasteiger partial charge < -0.3 is 5.73 Å². The molecule has 1 fully saturated rings. The molecule has 2 rings (SSSR count). The molecule has 0 aliphatic carbocycles. The van der Waals surface area contributed by atoms with E-state index in [1.165, 1.54) is 18.6 Å². The molecular weight excluding hydrogens is 264 g/mol. The molecule has 0 aromatic carbocycles. The van der Waals surface area contributed by atoms with E-state index in [1.807, 2.05) is 18.8 Å². The molecule has 0 radical (unpaired) electrons. The molecule has 4 nitrogen and oxygen atoms in total. The molecular formula is C8H13BrN4S. The first-order valence-corrected chi connectivity index (χ1v) is 6.46. The Bertz CT molecular complexity index is 302. The number of thioether (sulfide) groups is 1. The van der Waals surface area contributed by atoms with Gasteiger partial charge in [-0.05, 0) is 34.5 Å². The summed E-state index contributed by atoms with van der Waals surface area (Å²) in [6.07, 6.45) is 2.47. The molecule has 1 saturated heterocycles. The van der Waals surface area contributed by atoms with Crippen LogP contribution in [0.3, 0.4) is 0 Å². The van der Waals surface area contributed by atoms with Crippen molar-refractivity contribution in [3.8, 4) is 0 Å². The maximum Gasteiger partial charge on any atom is 0.153 e. The van der Waals surface area contributed by atoms with Gasteiger partial charge in [0.1, 0.15) is 0 Å². The van der Waals surface area contributed by atoms with Gasteiger partial charge in [0.25, 0.3) is 0 Å². The number of hydrogen-bond donors (Lipinski definition) is 1. The fourth-order valence-corrected chi connectivity index (χ4v) is 3.65. The van der Waals surface area contributed by atoms with Crippen LogP contribution >= 0.6 is 27.7 Å². The van der Waals surface area contributed by atoms with E-state index in [4.69, 9.17) is 5.73 Å². The van der Waals surface area contributed by atoms with Gasteiger partial charge in [-0.15, -0.1) is 5.10 Å². The van der Waals surface area contributed by atoms with Crippen molar-refractivity contribution in [1.82, 2.24) is 15.0 Å². The average molecular weight is 277 g/mol. The van der Waals surface area contributed by atoms with Crippen molar-refractivity contribution in [1.29, 1.82) is 0 Å². The van der Waals surface area contributed by atoms with Crippen LogP contribution in [0.2, 0.25) is 0 Å². The standard InChI is InChI=1S/C8H13BrN4S/c1-13-7(8(9)11-12-13)6(10)5-3-2-4-14-5/h5-6H,2-4,10H2,1H3. The third-order valence-electron chi connectivity index (χ3n) is 2.51. The molecule has 2 unspecified atom stereocenters. The third-order valence-corrected chi connectivity index (χ3v) is 4.55. The van der Waals surface area contributed by atoms with E-state index in [0.717, 1.165) is 10.3 Å². The fraction of sp³-hybridized carbons (Fsp3) is 0.750. The molecule has 1 aliphatic rings. The molecule has 14 heavy (non-hydrogen) atoms. The van der Waals surface area contributed by atoms with E-state index in [0.29, 0.717) is 5.25 Å². The topological polar surface area (TPSA) is 56.7 Å². The summed E-state index contributed by atoms with van der Waals surface area (Å²) in [5, 5.41) is 8.41. The van der Waals surface area contributed by atoms with Gasteiger partial charge in [-0.1, -0.05) is 5.21 Å². The van der Waals surface area contributed by atoms with E-state index < -0.39 is 0 Å². The molecule has 1 aliphatic heterocycles. The van der Waals surface area contributed by atoms with Gasteiger partial charge >= 0.3 is 0 Å². The highest BCUT2D eigenvalue weighted by molar-refractivity contribution is 9.10. The average Bonchev–Trinajstić information content (AvgIpc) is 2.75. The summed E-state index contributed by atoms with van der Waals surface area (Å²) in [5.74, 6) is 1.22. The Morgan fingerprint density at radius 1 is 1.71 bits per heavy atom. The SMILES string of the molecule is Cn1nnc(Br)c1C(N)C1CCCS1. The highest BCUT2D eigenvalue weighted by Gasteiger charge is 2.28. The zero-order valence-corrected chi connectivity index (χ0v) is 10.4. The Labute approximate surface area is 95.7 Å². The van der Waals surface area contributed by atoms with E-state index in [-0.39, 0.29) is 6.04 Å². The molecule has 0 bridgehead atoms. The predicted molar refractivity (Wildman–Crippen MR) is 61.1 cm³/mol. The Kier molecular flexibility index (Phi) is 3.14. The van der Waals surface area contributed by atoms with Crippen LogP contribution < -0.4 is 5.73 Å². The maximum atomic E-state index is 6.19. The van der Waals surface area contributed by atoms with Crippen molar-refractivity contribution in [2.45, 2.75) is 24.1 Å². The van der Waals surface area contributed by atoms with Crippen LogP contribution in [-0.2, 0) is 7.05 Å². The molecule has 2 N–H and O–H groups in total. The van der Waals surface area contributed by atoms with Gasteiger partial charge in [-0.2, -0.15) is 11.8 Å². The van der Waals surface area contributed by atoms with E-state index in [1.54, 1.807) is 4.68 Å². The van der Waals surface area contributed by atoms with Crippen molar-refractivity contribution in [2.75, 3.05) is 5.75 Å². The number of aromatic nitrogens is 3. The minimum absolute atomic E-state index is 0.0388. The van der Waals surface area contributed by atoms with Crippen molar-refractivity contribution in [3.63, 3.8) is 0 Å². The van der Waals surface area contributed by atoms with Crippen molar-refractivity contribution in [3.05, 3.63) is 10.3 Å². The lowest BCUT2D eigenvalue weighted by molar-refractivity contribution is 0.576. The highest BCUT2D eigenvalue weighted by atomic mass is 79.9. The monoisotopic (exact) mass is 276 g/mol. The summed E-state index contributed by atoms with van der Waals surface area (Å²) < 4.78 is 2.54. The molecule has 0 amide bonds. The molecule has 2 atom stereocenters. The number of hydrogen-bond acceptors (Lipinski definition) is 4. The second kappa shape index (κ2) is 4.20. The number of halogens is 1. The van der Waals surface area contributed by atoms with Crippen LogP contribution in [0.5, 0.6) is 0 Å². The van der Waals surface area contributed by atoms with Crippen LogP contribution in [0.4, 0.5) is 0 Å². The van der Waals surface area contributed by atoms with Crippen molar-refractivity contribution in [2.24, 2.45) is 12.8 Å². The van der Waals surface area contributed by atoms with Gasteiger partial charge in [0.2, 0.25) is 0 Å². The largest absolute Gasteiger partial charge is 0.322 e. The molecule has 1 aromatic rings. The molecule has 2 heterocycles.